The lowest BCUT2D eigenvalue weighted by molar-refractivity contribution is 0.0229. The third-order valence-corrected chi connectivity index (χ3v) is 4.90. The predicted octanol–water partition coefficient (Wildman–Crippen LogP) is 4.99. The second-order valence-electron chi connectivity index (χ2n) is 6.57. The van der Waals surface area contributed by atoms with Gasteiger partial charge in [-0.2, -0.15) is 0 Å². The van der Waals surface area contributed by atoms with Gasteiger partial charge in [-0.15, -0.1) is 0 Å². The van der Waals surface area contributed by atoms with Gasteiger partial charge in [0.1, 0.15) is 5.82 Å². The van der Waals surface area contributed by atoms with Gasteiger partial charge in [0, 0.05) is 11.4 Å². The monoisotopic (exact) mass is 298 g/mol. The first-order chi connectivity index (χ1) is 9.39. The first-order valence-electron chi connectivity index (χ1n) is 7.56. The lowest BCUT2D eigenvalue weighted by atomic mass is 9.85. The molecule has 0 bridgehead atoms. The summed E-state index contributed by atoms with van der Waals surface area (Å²) in [7, 11) is 0. The molecule has 1 aromatic rings. The zero-order valence-electron chi connectivity index (χ0n) is 12.3. The first-order valence-corrected chi connectivity index (χ1v) is 7.94. The minimum Gasteiger partial charge on any atom is -0.390 e. The molecule has 2 atom stereocenters. The number of halogens is 2. The van der Waals surface area contributed by atoms with Gasteiger partial charge in [0.2, 0.25) is 0 Å². The summed E-state index contributed by atoms with van der Waals surface area (Å²) in [4.78, 5) is 0. The number of aliphatic hydroxyl groups is 1. The summed E-state index contributed by atoms with van der Waals surface area (Å²) in [5.74, 6) is 1.06. The molecule has 1 N–H and O–H groups in total. The quantitative estimate of drug-likeness (QED) is 0.780. The van der Waals surface area contributed by atoms with E-state index in [4.69, 9.17) is 11.6 Å². The normalized spacial score (nSPS) is 27.6. The van der Waals surface area contributed by atoms with Crippen LogP contribution in [-0.2, 0) is 6.42 Å². The van der Waals surface area contributed by atoms with Crippen LogP contribution in [0.25, 0.3) is 0 Å². The molecule has 1 aromatic carbocycles. The first kappa shape index (κ1) is 15.8. The van der Waals surface area contributed by atoms with Crippen molar-refractivity contribution < 1.29 is 9.50 Å². The van der Waals surface area contributed by atoms with Crippen molar-refractivity contribution in [2.45, 2.75) is 58.0 Å². The highest BCUT2D eigenvalue weighted by Gasteiger charge is 2.32. The van der Waals surface area contributed by atoms with Crippen LogP contribution in [0.15, 0.2) is 18.2 Å². The maximum atomic E-state index is 13.8. The average molecular weight is 299 g/mol. The Morgan fingerprint density at radius 1 is 1.35 bits per heavy atom. The van der Waals surface area contributed by atoms with E-state index in [1.54, 1.807) is 12.1 Å². The van der Waals surface area contributed by atoms with Gasteiger partial charge in [-0.3, -0.25) is 0 Å². The summed E-state index contributed by atoms with van der Waals surface area (Å²) in [6.45, 7) is 4.48. The predicted molar refractivity (Wildman–Crippen MR) is 81.5 cm³/mol. The Balaban J connectivity index is 2.09. The minimum atomic E-state index is -0.783. The molecule has 0 aliphatic heterocycles. The number of rotatable bonds is 3. The van der Waals surface area contributed by atoms with Crippen molar-refractivity contribution in [3.63, 3.8) is 0 Å². The lowest BCUT2D eigenvalue weighted by Gasteiger charge is -2.27. The van der Waals surface area contributed by atoms with Gasteiger partial charge in [-0.05, 0) is 54.9 Å². The molecule has 3 heteroatoms. The molecule has 1 fully saturated rings. The van der Waals surface area contributed by atoms with Gasteiger partial charge in [0.05, 0.1) is 5.60 Å². The van der Waals surface area contributed by atoms with Crippen molar-refractivity contribution in [1.29, 1.82) is 0 Å². The van der Waals surface area contributed by atoms with Crippen molar-refractivity contribution in [3.8, 4) is 0 Å². The Kier molecular flexibility index (Phi) is 5.09. The lowest BCUT2D eigenvalue weighted by Crippen LogP contribution is -2.31. The van der Waals surface area contributed by atoms with Gasteiger partial charge in [0.15, 0.2) is 0 Å². The van der Waals surface area contributed by atoms with Crippen LogP contribution in [0.4, 0.5) is 4.39 Å². The van der Waals surface area contributed by atoms with Crippen molar-refractivity contribution in [3.05, 3.63) is 34.6 Å². The highest BCUT2D eigenvalue weighted by Crippen LogP contribution is 2.36. The summed E-state index contributed by atoms with van der Waals surface area (Å²) >= 11 is 5.93. The summed E-state index contributed by atoms with van der Waals surface area (Å²) in [6, 6.07) is 4.57. The van der Waals surface area contributed by atoms with E-state index in [0.29, 0.717) is 28.8 Å². The largest absolute Gasteiger partial charge is 0.390 e. The van der Waals surface area contributed by atoms with E-state index < -0.39 is 5.60 Å². The molecule has 0 radical (unpaired) electrons. The summed E-state index contributed by atoms with van der Waals surface area (Å²) < 4.78 is 13.8. The van der Waals surface area contributed by atoms with Crippen molar-refractivity contribution in [1.82, 2.24) is 0 Å². The summed E-state index contributed by atoms with van der Waals surface area (Å²) in [6.07, 6.45) is 5.07. The Hall–Kier alpha value is -0.600. The fourth-order valence-corrected chi connectivity index (χ4v) is 3.49. The van der Waals surface area contributed by atoms with Crippen molar-refractivity contribution in [2.75, 3.05) is 0 Å². The van der Waals surface area contributed by atoms with Gasteiger partial charge in [-0.1, -0.05) is 38.3 Å². The molecule has 2 unspecified atom stereocenters. The molecule has 20 heavy (non-hydrogen) atoms. The maximum Gasteiger partial charge on any atom is 0.126 e. The van der Waals surface area contributed by atoms with Crippen LogP contribution >= 0.6 is 11.6 Å². The Morgan fingerprint density at radius 3 is 2.80 bits per heavy atom. The molecule has 1 aliphatic carbocycles. The number of benzene rings is 1. The molecule has 0 saturated heterocycles. The van der Waals surface area contributed by atoms with Gasteiger partial charge in [0.25, 0.3) is 0 Å². The molecule has 1 saturated carbocycles. The van der Waals surface area contributed by atoms with E-state index in [9.17, 15) is 9.50 Å². The molecule has 0 spiro atoms. The van der Waals surface area contributed by atoms with Crippen LogP contribution in [0.1, 0.15) is 51.5 Å². The molecule has 0 aromatic heterocycles. The minimum absolute atomic E-state index is 0.271. The van der Waals surface area contributed by atoms with Crippen molar-refractivity contribution in [2.24, 2.45) is 11.8 Å². The fraction of sp³-hybridized carbons (Fsp3) is 0.647. The summed E-state index contributed by atoms with van der Waals surface area (Å²) in [5, 5.41) is 11.3. The molecular weight excluding hydrogens is 275 g/mol. The second-order valence-corrected chi connectivity index (χ2v) is 7.01. The van der Waals surface area contributed by atoms with E-state index in [0.717, 1.165) is 32.1 Å². The molecule has 0 heterocycles. The highest BCUT2D eigenvalue weighted by atomic mass is 35.5. The molecule has 112 valence electrons. The second kappa shape index (κ2) is 6.44. The summed E-state index contributed by atoms with van der Waals surface area (Å²) in [5.41, 5.74) is -0.252. The molecule has 1 nitrogen and oxygen atoms in total. The van der Waals surface area contributed by atoms with Gasteiger partial charge < -0.3 is 5.11 Å². The van der Waals surface area contributed by atoms with Crippen LogP contribution < -0.4 is 0 Å². The van der Waals surface area contributed by atoms with E-state index in [-0.39, 0.29) is 5.82 Å². The Morgan fingerprint density at radius 2 is 2.10 bits per heavy atom. The molecular formula is C17H24ClFO. The van der Waals surface area contributed by atoms with E-state index in [1.165, 1.54) is 6.07 Å². The van der Waals surface area contributed by atoms with Gasteiger partial charge in [-0.25, -0.2) is 4.39 Å². The Labute approximate surface area is 126 Å². The number of hydrogen-bond acceptors (Lipinski definition) is 1. The fourth-order valence-electron chi connectivity index (χ4n) is 3.29. The van der Waals surface area contributed by atoms with Crippen LogP contribution in [0.3, 0.4) is 0 Å². The average Bonchev–Trinajstić information content (AvgIpc) is 2.56. The standard InChI is InChI=1S/C17H24ClFO/c1-12(2)13-4-3-8-17(20,9-7-13)11-14-10-15(18)5-6-16(14)19/h5-6,10,12-13,20H,3-4,7-9,11H2,1-2H3. The van der Waals surface area contributed by atoms with E-state index in [2.05, 4.69) is 13.8 Å². The SMILES string of the molecule is CC(C)C1CCCC(O)(Cc2cc(Cl)ccc2F)CC1. The van der Waals surface area contributed by atoms with E-state index >= 15 is 0 Å². The topological polar surface area (TPSA) is 20.2 Å². The van der Waals surface area contributed by atoms with Crippen molar-refractivity contribution >= 4 is 11.6 Å². The Bertz CT molecular complexity index is 460. The third-order valence-electron chi connectivity index (χ3n) is 4.67. The van der Waals surface area contributed by atoms with Crippen LogP contribution in [0.2, 0.25) is 5.02 Å². The maximum absolute atomic E-state index is 13.8. The van der Waals surface area contributed by atoms with Gasteiger partial charge >= 0.3 is 0 Å². The molecule has 0 amide bonds. The molecule has 2 rings (SSSR count). The zero-order chi connectivity index (χ0) is 14.8. The smallest absolute Gasteiger partial charge is 0.126 e. The molecule has 1 aliphatic rings. The van der Waals surface area contributed by atoms with Crippen LogP contribution in [-0.4, -0.2) is 10.7 Å². The third kappa shape index (κ3) is 3.95. The zero-order valence-corrected chi connectivity index (χ0v) is 13.1. The highest BCUT2D eigenvalue weighted by molar-refractivity contribution is 6.30. The van der Waals surface area contributed by atoms with Crippen LogP contribution in [0, 0.1) is 17.7 Å². The number of hydrogen-bond donors (Lipinski definition) is 1. The van der Waals surface area contributed by atoms with Crippen LogP contribution in [0.5, 0.6) is 0 Å². The van der Waals surface area contributed by atoms with E-state index in [1.807, 2.05) is 0 Å².